The Balaban J connectivity index is 3.69. The van der Waals surface area contributed by atoms with Crippen molar-refractivity contribution in [1.82, 2.24) is 0 Å². The Hall–Kier alpha value is -1.04. The summed E-state index contributed by atoms with van der Waals surface area (Å²) in [5.74, 6) is -0.932. The molecule has 0 saturated carbocycles. The van der Waals surface area contributed by atoms with Crippen LogP contribution in [0, 0.1) is 17.2 Å². The number of unbranched alkanes of at least 4 members (excludes halogenated alkanes) is 3. The van der Waals surface area contributed by atoms with Crippen LogP contribution in [0.4, 0.5) is 0 Å². The van der Waals surface area contributed by atoms with Gasteiger partial charge >= 0.3 is 5.97 Å². The van der Waals surface area contributed by atoms with Gasteiger partial charge in [0.25, 0.3) is 0 Å². The third kappa shape index (κ3) is 5.58. The molecule has 0 fully saturated rings. The fourth-order valence-corrected chi connectivity index (χ4v) is 1.25. The van der Waals surface area contributed by atoms with Crippen LogP contribution in [0.3, 0.4) is 0 Å². The van der Waals surface area contributed by atoms with E-state index in [0.717, 1.165) is 19.3 Å². The Kier molecular flexibility index (Phi) is 7.92. The number of ether oxygens (including phenoxy) is 1. The molecule has 0 rings (SSSR count). The largest absolute Gasteiger partial charge is 0.465 e. The van der Waals surface area contributed by atoms with Gasteiger partial charge < -0.3 is 4.74 Å². The van der Waals surface area contributed by atoms with Gasteiger partial charge in [-0.25, -0.2) is 0 Å². The van der Waals surface area contributed by atoms with E-state index in [1.165, 1.54) is 6.42 Å². The van der Waals surface area contributed by atoms with Gasteiger partial charge in [-0.2, -0.15) is 5.26 Å². The maximum atomic E-state index is 11.2. The van der Waals surface area contributed by atoms with Crippen LogP contribution < -0.4 is 0 Å². The maximum Gasteiger partial charge on any atom is 0.323 e. The minimum atomic E-state index is -0.563. The van der Waals surface area contributed by atoms with E-state index in [1.54, 1.807) is 6.92 Å². The number of rotatable bonds is 7. The average Bonchev–Trinajstić information content (AvgIpc) is 2.18. The van der Waals surface area contributed by atoms with E-state index in [4.69, 9.17) is 10.00 Å². The molecule has 0 aromatic heterocycles. The molecule has 80 valence electrons. The van der Waals surface area contributed by atoms with Gasteiger partial charge in [-0.05, 0) is 13.3 Å². The monoisotopic (exact) mass is 197 g/mol. The highest BCUT2D eigenvalue weighted by Gasteiger charge is 2.17. The summed E-state index contributed by atoms with van der Waals surface area (Å²) < 4.78 is 4.79. The molecule has 0 aromatic rings. The lowest BCUT2D eigenvalue weighted by molar-refractivity contribution is -0.146. The van der Waals surface area contributed by atoms with Crippen LogP contribution in [-0.4, -0.2) is 12.6 Å². The number of nitrogens with zero attached hydrogens (tertiary/aromatic N) is 1. The first-order chi connectivity index (χ1) is 6.76. The lowest BCUT2D eigenvalue weighted by Crippen LogP contribution is -2.16. The third-order valence-electron chi connectivity index (χ3n) is 2.07. The average molecular weight is 197 g/mol. The molecular weight excluding hydrogens is 178 g/mol. The van der Waals surface area contributed by atoms with Crippen LogP contribution in [0.2, 0.25) is 0 Å². The van der Waals surface area contributed by atoms with Gasteiger partial charge in [-0.15, -0.1) is 0 Å². The first-order valence-electron chi connectivity index (χ1n) is 5.32. The smallest absolute Gasteiger partial charge is 0.323 e. The number of carbonyl (C=O) groups excluding carboxylic acids is 1. The number of carbonyl (C=O) groups is 1. The maximum absolute atomic E-state index is 11.2. The lowest BCUT2D eigenvalue weighted by atomic mass is 10.0. The van der Waals surface area contributed by atoms with E-state index in [0.29, 0.717) is 13.0 Å². The summed E-state index contributed by atoms with van der Waals surface area (Å²) in [7, 11) is 0. The lowest BCUT2D eigenvalue weighted by Gasteiger charge is -2.07. The Morgan fingerprint density at radius 3 is 2.57 bits per heavy atom. The van der Waals surface area contributed by atoms with Crippen molar-refractivity contribution in [2.24, 2.45) is 5.92 Å². The second-order valence-electron chi connectivity index (χ2n) is 3.28. The zero-order valence-electron chi connectivity index (χ0n) is 9.08. The minimum Gasteiger partial charge on any atom is -0.465 e. The molecule has 0 radical (unpaired) electrons. The van der Waals surface area contributed by atoms with Crippen molar-refractivity contribution in [2.45, 2.75) is 46.0 Å². The first-order valence-corrected chi connectivity index (χ1v) is 5.32. The van der Waals surface area contributed by atoms with Gasteiger partial charge in [0.1, 0.15) is 5.92 Å². The van der Waals surface area contributed by atoms with Gasteiger partial charge in [0, 0.05) is 0 Å². The quantitative estimate of drug-likeness (QED) is 0.465. The molecule has 0 aliphatic carbocycles. The van der Waals surface area contributed by atoms with E-state index < -0.39 is 5.92 Å². The molecule has 0 N–H and O–H groups in total. The van der Waals surface area contributed by atoms with E-state index in [1.807, 2.05) is 6.07 Å². The minimum absolute atomic E-state index is 0.353. The number of nitriles is 1. The standard InChI is InChI=1S/C11H19NO2/c1-3-5-6-7-8-10(9-12)11(13)14-4-2/h10H,3-8H2,1-2H3/t10-/m0/s1. The van der Waals surface area contributed by atoms with E-state index in [9.17, 15) is 4.79 Å². The van der Waals surface area contributed by atoms with Crippen LogP contribution in [0.15, 0.2) is 0 Å². The van der Waals surface area contributed by atoms with Crippen molar-refractivity contribution in [2.75, 3.05) is 6.61 Å². The zero-order valence-corrected chi connectivity index (χ0v) is 9.08. The Labute approximate surface area is 86.1 Å². The van der Waals surface area contributed by atoms with Crippen LogP contribution in [-0.2, 0) is 9.53 Å². The number of hydrogen-bond donors (Lipinski definition) is 0. The normalized spacial score (nSPS) is 11.8. The molecule has 0 unspecified atom stereocenters. The summed E-state index contributed by atoms with van der Waals surface area (Å²) in [6, 6.07) is 1.99. The molecule has 0 aliphatic rings. The Morgan fingerprint density at radius 2 is 2.07 bits per heavy atom. The predicted molar refractivity (Wildman–Crippen MR) is 54.5 cm³/mol. The molecule has 3 nitrogen and oxygen atoms in total. The predicted octanol–water partition coefficient (Wildman–Crippen LogP) is 2.66. The highest BCUT2D eigenvalue weighted by molar-refractivity contribution is 5.75. The SMILES string of the molecule is CCCCCC[C@@H](C#N)C(=O)OCC. The van der Waals surface area contributed by atoms with Crippen LogP contribution in [0.25, 0.3) is 0 Å². The zero-order chi connectivity index (χ0) is 10.8. The molecule has 0 spiro atoms. The summed E-state index contributed by atoms with van der Waals surface area (Å²) in [5.41, 5.74) is 0. The molecule has 14 heavy (non-hydrogen) atoms. The second-order valence-corrected chi connectivity index (χ2v) is 3.28. The van der Waals surface area contributed by atoms with Crippen LogP contribution >= 0.6 is 0 Å². The number of hydrogen-bond acceptors (Lipinski definition) is 3. The van der Waals surface area contributed by atoms with Crippen LogP contribution in [0.1, 0.15) is 46.0 Å². The molecule has 0 heterocycles. The number of esters is 1. The molecule has 0 aliphatic heterocycles. The summed E-state index contributed by atoms with van der Waals surface area (Å²) in [6.07, 6.45) is 4.99. The Bertz CT molecular complexity index is 196. The van der Waals surface area contributed by atoms with E-state index in [2.05, 4.69) is 6.92 Å². The molecule has 0 aromatic carbocycles. The van der Waals surface area contributed by atoms with Gasteiger partial charge in [-0.3, -0.25) is 4.79 Å². The molecule has 0 bridgehead atoms. The Morgan fingerprint density at radius 1 is 1.36 bits per heavy atom. The molecule has 0 amide bonds. The van der Waals surface area contributed by atoms with Crippen molar-refractivity contribution in [3.8, 4) is 6.07 Å². The summed E-state index contributed by atoms with van der Waals surface area (Å²) >= 11 is 0. The summed E-state index contributed by atoms with van der Waals surface area (Å²) in [5, 5.41) is 8.73. The van der Waals surface area contributed by atoms with Gasteiger partial charge in [0.05, 0.1) is 12.7 Å². The van der Waals surface area contributed by atoms with Gasteiger partial charge in [0.15, 0.2) is 0 Å². The topological polar surface area (TPSA) is 50.1 Å². The first kappa shape index (κ1) is 13.0. The highest BCUT2D eigenvalue weighted by atomic mass is 16.5. The fraction of sp³-hybridized carbons (Fsp3) is 0.818. The van der Waals surface area contributed by atoms with Crippen molar-refractivity contribution >= 4 is 5.97 Å². The second kappa shape index (κ2) is 8.55. The summed E-state index contributed by atoms with van der Waals surface area (Å²) in [4.78, 5) is 11.2. The highest BCUT2D eigenvalue weighted by Crippen LogP contribution is 2.11. The third-order valence-corrected chi connectivity index (χ3v) is 2.07. The van der Waals surface area contributed by atoms with Crippen molar-refractivity contribution in [3.63, 3.8) is 0 Å². The molecule has 3 heteroatoms. The van der Waals surface area contributed by atoms with Crippen LogP contribution in [0.5, 0.6) is 0 Å². The van der Waals surface area contributed by atoms with Gasteiger partial charge in [-0.1, -0.05) is 32.6 Å². The summed E-state index contributed by atoms with van der Waals surface area (Å²) in [6.45, 7) is 4.24. The van der Waals surface area contributed by atoms with Crippen molar-refractivity contribution in [1.29, 1.82) is 5.26 Å². The van der Waals surface area contributed by atoms with Crippen molar-refractivity contribution < 1.29 is 9.53 Å². The fourth-order valence-electron chi connectivity index (χ4n) is 1.25. The molecule has 1 atom stereocenters. The van der Waals surface area contributed by atoms with Gasteiger partial charge in [0.2, 0.25) is 0 Å². The van der Waals surface area contributed by atoms with E-state index >= 15 is 0 Å². The molecular formula is C11H19NO2. The molecule has 0 saturated heterocycles. The van der Waals surface area contributed by atoms with E-state index in [-0.39, 0.29) is 5.97 Å². The van der Waals surface area contributed by atoms with Crippen molar-refractivity contribution in [3.05, 3.63) is 0 Å².